The molecule has 0 saturated carbocycles. The number of rotatable bonds is 4. The summed E-state index contributed by atoms with van der Waals surface area (Å²) in [6.07, 6.45) is 3.07. The zero-order chi connectivity index (χ0) is 16.4. The third-order valence-corrected chi connectivity index (χ3v) is 4.49. The average Bonchev–Trinajstić information content (AvgIpc) is 3.23. The minimum atomic E-state index is -0.410. The SMILES string of the molecule is O=C(/C=C/c1nc2ccccc2s1)OCc1ccc2c(c1)OCO2. The van der Waals surface area contributed by atoms with Gasteiger partial charge in [0.1, 0.15) is 11.6 Å². The zero-order valence-corrected chi connectivity index (χ0v) is 13.4. The van der Waals surface area contributed by atoms with E-state index in [1.54, 1.807) is 6.08 Å². The molecule has 0 atom stereocenters. The lowest BCUT2D eigenvalue weighted by molar-refractivity contribution is -0.138. The van der Waals surface area contributed by atoms with E-state index in [1.807, 2.05) is 42.5 Å². The fourth-order valence-corrected chi connectivity index (χ4v) is 3.20. The van der Waals surface area contributed by atoms with Gasteiger partial charge in [-0.2, -0.15) is 0 Å². The second kappa shape index (κ2) is 6.33. The minimum Gasteiger partial charge on any atom is -0.458 e. The Morgan fingerprint density at radius 1 is 1.21 bits per heavy atom. The van der Waals surface area contributed by atoms with Gasteiger partial charge in [-0.1, -0.05) is 18.2 Å². The first kappa shape index (κ1) is 14.7. The highest BCUT2D eigenvalue weighted by Gasteiger charge is 2.13. The largest absolute Gasteiger partial charge is 0.458 e. The Bertz CT molecular complexity index is 899. The molecule has 0 saturated heterocycles. The molecule has 6 heteroatoms. The topological polar surface area (TPSA) is 57.7 Å². The van der Waals surface area contributed by atoms with Crippen molar-refractivity contribution in [3.05, 3.63) is 59.1 Å². The molecule has 1 aliphatic heterocycles. The molecule has 1 aliphatic rings. The molecule has 0 amide bonds. The van der Waals surface area contributed by atoms with Crippen LogP contribution in [0.3, 0.4) is 0 Å². The van der Waals surface area contributed by atoms with Crippen LogP contribution in [0.4, 0.5) is 0 Å². The number of nitrogens with zero attached hydrogens (tertiary/aromatic N) is 1. The molecule has 24 heavy (non-hydrogen) atoms. The zero-order valence-electron chi connectivity index (χ0n) is 12.6. The summed E-state index contributed by atoms with van der Waals surface area (Å²) in [6.45, 7) is 0.406. The van der Waals surface area contributed by atoms with Crippen LogP contribution in [0, 0.1) is 0 Å². The van der Waals surface area contributed by atoms with Gasteiger partial charge < -0.3 is 14.2 Å². The number of para-hydroxylation sites is 1. The molecule has 4 rings (SSSR count). The van der Waals surface area contributed by atoms with Crippen LogP contribution in [0.1, 0.15) is 10.6 Å². The molecule has 1 aromatic heterocycles. The number of ether oxygens (including phenoxy) is 3. The third kappa shape index (κ3) is 3.09. The average molecular weight is 339 g/mol. The lowest BCUT2D eigenvalue weighted by Gasteiger charge is -2.03. The van der Waals surface area contributed by atoms with E-state index in [-0.39, 0.29) is 13.4 Å². The van der Waals surface area contributed by atoms with Gasteiger partial charge in [0.2, 0.25) is 6.79 Å². The number of esters is 1. The Labute approximate surface area is 142 Å². The second-order valence-electron chi connectivity index (χ2n) is 5.15. The molecule has 5 nitrogen and oxygen atoms in total. The highest BCUT2D eigenvalue weighted by molar-refractivity contribution is 7.19. The van der Waals surface area contributed by atoms with E-state index >= 15 is 0 Å². The van der Waals surface area contributed by atoms with Crippen molar-refractivity contribution in [2.24, 2.45) is 0 Å². The summed E-state index contributed by atoms with van der Waals surface area (Å²) in [5.41, 5.74) is 1.77. The maximum absolute atomic E-state index is 11.9. The van der Waals surface area contributed by atoms with E-state index < -0.39 is 5.97 Å². The quantitative estimate of drug-likeness (QED) is 0.535. The number of hydrogen-bond acceptors (Lipinski definition) is 6. The summed E-state index contributed by atoms with van der Waals surface area (Å²) >= 11 is 1.53. The first-order valence-corrected chi connectivity index (χ1v) is 8.18. The van der Waals surface area contributed by atoms with Crippen LogP contribution >= 0.6 is 11.3 Å². The van der Waals surface area contributed by atoms with E-state index in [0.717, 1.165) is 20.8 Å². The minimum absolute atomic E-state index is 0.180. The van der Waals surface area contributed by atoms with Crippen LogP contribution in [-0.4, -0.2) is 17.7 Å². The van der Waals surface area contributed by atoms with Crippen molar-refractivity contribution in [2.75, 3.05) is 6.79 Å². The molecular formula is C18H13NO4S. The van der Waals surface area contributed by atoms with E-state index in [1.165, 1.54) is 17.4 Å². The summed E-state index contributed by atoms with van der Waals surface area (Å²) < 4.78 is 16.9. The summed E-state index contributed by atoms with van der Waals surface area (Å²) in [6, 6.07) is 13.3. The summed E-state index contributed by atoms with van der Waals surface area (Å²) in [5, 5.41) is 0.774. The van der Waals surface area contributed by atoms with E-state index in [9.17, 15) is 4.79 Å². The van der Waals surface area contributed by atoms with Gasteiger partial charge >= 0.3 is 5.97 Å². The number of carbonyl (C=O) groups is 1. The molecule has 0 bridgehead atoms. The number of thiazole rings is 1. The summed E-state index contributed by atoms with van der Waals surface area (Å²) in [7, 11) is 0. The van der Waals surface area contributed by atoms with Crippen molar-refractivity contribution in [1.29, 1.82) is 0 Å². The molecule has 3 aromatic rings. The van der Waals surface area contributed by atoms with Crippen molar-refractivity contribution >= 4 is 33.6 Å². The number of fused-ring (bicyclic) bond motifs is 2. The molecule has 120 valence electrons. The lowest BCUT2D eigenvalue weighted by atomic mass is 10.2. The van der Waals surface area contributed by atoms with Gasteiger partial charge in [-0.25, -0.2) is 9.78 Å². The number of benzene rings is 2. The van der Waals surface area contributed by atoms with E-state index in [0.29, 0.717) is 11.5 Å². The Balaban J connectivity index is 1.37. The van der Waals surface area contributed by atoms with Gasteiger partial charge in [0, 0.05) is 6.08 Å². The van der Waals surface area contributed by atoms with Gasteiger partial charge in [-0.05, 0) is 35.9 Å². The lowest BCUT2D eigenvalue weighted by Crippen LogP contribution is -2.00. The van der Waals surface area contributed by atoms with Crippen LogP contribution < -0.4 is 9.47 Å². The molecule has 0 unspecified atom stereocenters. The molecule has 0 N–H and O–H groups in total. The predicted molar refractivity (Wildman–Crippen MR) is 91.0 cm³/mol. The van der Waals surface area contributed by atoms with Gasteiger partial charge in [0.25, 0.3) is 0 Å². The van der Waals surface area contributed by atoms with Gasteiger partial charge in [-0.15, -0.1) is 11.3 Å². The number of carbonyl (C=O) groups excluding carboxylic acids is 1. The van der Waals surface area contributed by atoms with Crippen molar-refractivity contribution in [2.45, 2.75) is 6.61 Å². The fourth-order valence-electron chi connectivity index (χ4n) is 2.33. The molecular weight excluding hydrogens is 326 g/mol. The summed E-state index contributed by atoms with van der Waals surface area (Å²) in [4.78, 5) is 16.3. The first-order valence-electron chi connectivity index (χ1n) is 7.37. The molecule has 2 heterocycles. The van der Waals surface area contributed by atoms with Gasteiger partial charge in [0.05, 0.1) is 10.2 Å². The van der Waals surface area contributed by atoms with E-state index in [4.69, 9.17) is 14.2 Å². The second-order valence-corrected chi connectivity index (χ2v) is 6.21. The molecule has 0 spiro atoms. The van der Waals surface area contributed by atoms with Crippen molar-refractivity contribution in [1.82, 2.24) is 4.98 Å². The Morgan fingerprint density at radius 2 is 2.08 bits per heavy atom. The predicted octanol–water partition coefficient (Wildman–Crippen LogP) is 3.78. The normalized spacial score (nSPS) is 12.8. The smallest absolute Gasteiger partial charge is 0.331 e. The van der Waals surface area contributed by atoms with Crippen LogP contribution in [0.25, 0.3) is 16.3 Å². The molecule has 2 aromatic carbocycles. The van der Waals surface area contributed by atoms with Gasteiger partial charge in [0.15, 0.2) is 11.5 Å². The Hall–Kier alpha value is -2.86. The first-order chi connectivity index (χ1) is 11.8. The van der Waals surface area contributed by atoms with Crippen molar-refractivity contribution < 1.29 is 19.0 Å². The maximum atomic E-state index is 11.9. The number of aromatic nitrogens is 1. The standard InChI is InChI=1S/C18H13NO4S/c20-18(8-7-17-19-13-3-1-2-4-16(13)24-17)21-10-12-5-6-14-15(9-12)23-11-22-14/h1-9H,10-11H2/b8-7+. The molecule has 0 fully saturated rings. The van der Waals surface area contributed by atoms with Crippen LogP contribution in [0.5, 0.6) is 11.5 Å². The van der Waals surface area contributed by atoms with E-state index in [2.05, 4.69) is 4.98 Å². The maximum Gasteiger partial charge on any atom is 0.331 e. The third-order valence-electron chi connectivity index (χ3n) is 3.49. The monoisotopic (exact) mass is 339 g/mol. The van der Waals surface area contributed by atoms with Crippen LogP contribution in [0.15, 0.2) is 48.5 Å². The highest BCUT2D eigenvalue weighted by atomic mass is 32.1. The van der Waals surface area contributed by atoms with Gasteiger partial charge in [-0.3, -0.25) is 0 Å². The highest BCUT2D eigenvalue weighted by Crippen LogP contribution is 2.32. The number of hydrogen-bond donors (Lipinski definition) is 0. The molecule has 0 aliphatic carbocycles. The summed E-state index contributed by atoms with van der Waals surface area (Å²) in [5.74, 6) is 0.973. The Morgan fingerprint density at radius 3 is 3.00 bits per heavy atom. The molecule has 0 radical (unpaired) electrons. The van der Waals surface area contributed by atoms with Crippen molar-refractivity contribution in [3.8, 4) is 11.5 Å². The van der Waals surface area contributed by atoms with Crippen LogP contribution in [-0.2, 0) is 16.1 Å². The van der Waals surface area contributed by atoms with Crippen LogP contribution in [0.2, 0.25) is 0 Å². The fraction of sp³-hybridized carbons (Fsp3) is 0.111. The Kier molecular flexibility index (Phi) is 3.88. The van der Waals surface area contributed by atoms with Crippen molar-refractivity contribution in [3.63, 3.8) is 0 Å².